The van der Waals surface area contributed by atoms with Gasteiger partial charge in [0.25, 0.3) is 10.0 Å². The molecule has 0 saturated heterocycles. The first kappa shape index (κ1) is 18.5. The average molecular weight is 412 g/mol. The lowest BCUT2D eigenvalue weighted by molar-refractivity contribution is 0.600. The zero-order chi connectivity index (χ0) is 19.9. The van der Waals surface area contributed by atoms with Gasteiger partial charge in [-0.2, -0.15) is 0 Å². The van der Waals surface area contributed by atoms with Crippen LogP contribution >= 0.6 is 11.6 Å². The summed E-state index contributed by atoms with van der Waals surface area (Å²) in [6.07, 6.45) is 3.87. The van der Waals surface area contributed by atoms with Crippen LogP contribution in [0.5, 0.6) is 0 Å². The molecule has 7 heteroatoms. The highest BCUT2D eigenvalue weighted by Crippen LogP contribution is 2.26. The molecular formula is C21H18ClN3O2S. The van der Waals surface area contributed by atoms with Crippen molar-refractivity contribution >= 4 is 33.0 Å². The first-order valence-corrected chi connectivity index (χ1v) is 10.5. The lowest BCUT2D eigenvalue weighted by Crippen LogP contribution is -2.14. The van der Waals surface area contributed by atoms with E-state index in [0.717, 1.165) is 22.5 Å². The van der Waals surface area contributed by atoms with Gasteiger partial charge in [0.05, 0.1) is 10.6 Å². The van der Waals surface area contributed by atoms with Crippen LogP contribution in [-0.4, -0.2) is 17.8 Å². The van der Waals surface area contributed by atoms with Crippen LogP contribution in [0.15, 0.2) is 71.9 Å². The first-order chi connectivity index (χ1) is 13.3. The van der Waals surface area contributed by atoms with Gasteiger partial charge in [0.15, 0.2) is 0 Å². The van der Waals surface area contributed by atoms with Crippen molar-refractivity contribution in [2.75, 3.05) is 4.72 Å². The third kappa shape index (κ3) is 3.61. The summed E-state index contributed by atoms with van der Waals surface area (Å²) in [7, 11) is -3.76. The highest BCUT2D eigenvalue weighted by Gasteiger charge is 2.18. The van der Waals surface area contributed by atoms with Gasteiger partial charge in [-0.25, -0.2) is 13.4 Å². The number of nitrogens with zero attached hydrogens (tertiary/aromatic N) is 2. The molecule has 0 spiro atoms. The van der Waals surface area contributed by atoms with Crippen molar-refractivity contribution in [3.8, 4) is 11.3 Å². The van der Waals surface area contributed by atoms with E-state index >= 15 is 0 Å². The summed E-state index contributed by atoms with van der Waals surface area (Å²) in [4.78, 5) is 4.79. The van der Waals surface area contributed by atoms with Crippen molar-refractivity contribution < 1.29 is 8.42 Å². The summed E-state index contributed by atoms with van der Waals surface area (Å²) >= 11 is 5.98. The molecule has 0 aliphatic carbocycles. The number of fused-ring (bicyclic) bond motifs is 1. The Morgan fingerprint density at radius 3 is 2.68 bits per heavy atom. The van der Waals surface area contributed by atoms with Crippen molar-refractivity contribution in [2.24, 2.45) is 0 Å². The van der Waals surface area contributed by atoms with Crippen molar-refractivity contribution in [1.29, 1.82) is 0 Å². The Kier molecular flexibility index (Phi) is 4.61. The molecular weight excluding hydrogens is 394 g/mol. The fourth-order valence-corrected chi connectivity index (χ4v) is 4.60. The molecule has 2 aromatic heterocycles. The van der Waals surface area contributed by atoms with Gasteiger partial charge in [0.2, 0.25) is 0 Å². The molecule has 0 aliphatic heterocycles. The second kappa shape index (κ2) is 6.96. The molecule has 1 N–H and O–H groups in total. The number of pyridine rings is 1. The van der Waals surface area contributed by atoms with Crippen LogP contribution in [0.2, 0.25) is 5.02 Å². The zero-order valence-electron chi connectivity index (χ0n) is 15.3. The Balaban J connectivity index is 1.69. The molecule has 4 aromatic rings. The van der Waals surface area contributed by atoms with Gasteiger partial charge in [-0.15, -0.1) is 0 Å². The minimum atomic E-state index is -3.76. The van der Waals surface area contributed by atoms with Gasteiger partial charge < -0.3 is 4.40 Å². The van der Waals surface area contributed by atoms with Crippen LogP contribution in [0, 0.1) is 13.8 Å². The summed E-state index contributed by atoms with van der Waals surface area (Å²) < 4.78 is 30.2. The molecule has 0 fully saturated rings. The second-order valence-corrected chi connectivity index (χ2v) is 8.78. The summed E-state index contributed by atoms with van der Waals surface area (Å²) in [5.74, 6) is 0. The number of benzene rings is 2. The third-order valence-electron chi connectivity index (χ3n) is 4.47. The smallest absolute Gasteiger partial charge is 0.262 e. The van der Waals surface area contributed by atoms with Crippen molar-refractivity contribution in [2.45, 2.75) is 18.7 Å². The monoisotopic (exact) mass is 411 g/mol. The fraction of sp³-hybridized carbons (Fsp3) is 0.0952. The van der Waals surface area contributed by atoms with Crippen LogP contribution < -0.4 is 4.72 Å². The van der Waals surface area contributed by atoms with Crippen LogP contribution in [0.3, 0.4) is 0 Å². The summed E-state index contributed by atoms with van der Waals surface area (Å²) in [6, 6.07) is 16.0. The van der Waals surface area contributed by atoms with Crippen molar-refractivity contribution in [3.05, 3.63) is 83.1 Å². The van der Waals surface area contributed by atoms with E-state index < -0.39 is 10.0 Å². The van der Waals surface area contributed by atoms with Crippen LogP contribution in [0.25, 0.3) is 16.9 Å². The number of hydrogen-bond donors (Lipinski definition) is 1. The molecule has 2 aromatic carbocycles. The predicted octanol–water partition coefficient (Wildman–Crippen LogP) is 5.07. The minimum Gasteiger partial charge on any atom is -0.306 e. The predicted molar refractivity (Wildman–Crippen MR) is 112 cm³/mol. The molecule has 5 nitrogen and oxygen atoms in total. The van der Waals surface area contributed by atoms with Gasteiger partial charge in [-0.3, -0.25) is 4.72 Å². The van der Waals surface area contributed by atoms with Gasteiger partial charge in [0, 0.05) is 28.7 Å². The lowest BCUT2D eigenvalue weighted by atomic mass is 10.1. The molecule has 0 atom stereocenters. The summed E-state index contributed by atoms with van der Waals surface area (Å²) in [5.41, 5.74) is 4.66. The number of sulfonamides is 1. The number of rotatable bonds is 4. The third-order valence-corrected chi connectivity index (χ3v) is 6.22. The van der Waals surface area contributed by atoms with Crippen molar-refractivity contribution in [1.82, 2.24) is 9.38 Å². The maximum Gasteiger partial charge on any atom is 0.262 e. The highest BCUT2D eigenvalue weighted by molar-refractivity contribution is 7.92. The molecule has 142 valence electrons. The maximum atomic E-state index is 12.8. The summed E-state index contributed by atoms with van der Waals surface area (Å²) in [5, 5.41) is 0.375. The van der Waals surface area contributed by atoms with Gasteiger partial charge in [-0.1, -0.05) is 29.8 Å². The molecule has 0 bridgehead atoms. The Morgan fingerprint density at radius 2 is 1.86 bits per heavy atom. The molecule has 0 amide bonds. The lowest BCUT2D eigenvalue weighted by Gasteiger charge is -2.11. The highest BCUT2D eigenvalue weighted by atomic mass is 35.5. The second-order valence-electron chi connectivity index (χ2n) is 6.69. The van der Waals surface area contributed by atoms with E-state index in [4.69, 9.17) is 11.6 Å². The van der Waals surface area contributed by atoms with Gasteiger partial charge in [0.1, 0.15) is 5.65 Å². The quantitative estimate of drug-likeness (QED) is 0.509. The Hall–Kier alpha value is -2.83. The molecule has 28 heavy (non-hydrogen) atoms. The van der Waals surface area contributed by atoms with E-state index in [-0.39, 0.29) is 4.90 Å². The van der Waals surface area contributed by atoms with Gasteiger partial charge in [-0.05, 0) is 61.4 Å². The van der Waals surface area contributed by atoms with Gasteiger partial charge >= 0.3 is 0 Å². The normalized spacial score (nSPS) is 11.7. The number of aromatic nitrogens is 2. The fourth-order valence-electron chi connectivity index (χ4n) is 3.04. The van der Waals surface area contributed by atoms with E-state index in [9.17, 15) is 8.42 Å². The van der Waals surface area contributed by atoms with Crippen LogP contribution in [-0.2, 0) is 10.0 Å². The van der Waals surface area contributed by atoms with Crippen LogP contribution in [0.1, 0.15) is 11.1 Å². The maximum absolute atomic E-state index is 12.8. The van der Waals surface area contributed by atoms with E-state index in [0.29, 0.717) is 16.3 Å². The molecule has 0 unspecified atom stereocenters. The minimum absolute atomic E-state index is 0.161. The number of hydrogen-bond acceptors (Lipinski definition) is 3. The molecule has 4 rings (SSSR count). The number of aryl methyl sites for hydroxylation is 2. The SMILES string of the molecule is Cc1ccn2cc(-c3cccc(NS(=O)(=O)c4cc(Cl)ccc4C)c3)nc2c1. The Morgan fingerprint density at radius 1 is 1.04 bits per heavy atom. The molecule has 0 radical (unpaired) electrons. The topological polar surface area (TPSA) is 63.5 Å². The summed E-state index contributed by atoms with van der Waals surface area (Å²) in [6.45, 7) is 3.75. The van der Waals surface area contributed by atoms with Crippen molar-refractivity contribution in [3.63, 3.8) is 0 Å². The van der Waals surface area contributed by atoms with E-state index in [2.05, 4.69) is 9.71 Å². The van der Waals surface area contributed by atoms with E-state index in [1.54, 1.807) is 37.3 Å². The Labute approximate surface area is 168 Å². The zero-order valence-corrected chi connectivity index (χ0v) is 16.9. The molecule has 0 saturated carbocycles. The molecule has 2 heterocycles. The number of imidazole rings is 1. The van der Waals surface area contributed by atoms with E-state index in [1.807, 2.05) is 41.9 Å². The Bertz CT molecular complexity index is 1300. The van der Waals surface area contributed by atoms with Crippen LogP contribution in [0.4, 0.5) is 5.69 Å². The number of halogens is 1. The van der Waals surface area contributed by atoms with E-state index in [1.165, 1.54) is 6.07 Å². The largest absolute Gasteiger partial charge is 0.306 e. The number of anilines is 1. The molecule has 0 aliphatic rings. The number of nitrogens with one attached hydrogen (secondary N) is 1. The average Bonchev–Trinajstić information content (AvgIpc) is 3.06. The standard InChI is InChI=1S/C21H18ClN3O2S/c1-14-8-9-25-13-19(23-21(25)10-14)16-4-3-5-18(11-16)24-28(26,27)20-12-17(22)7-6-15(20)2/h3-13,24H,1-2H3. The first-order valence-electron chi connectivity index (χ1n) is 8.67.